The van der Waals surface area contributed by atoms with Gasteiger partial charge in [0.25, 0.3) is 0 Å². The van der Waals surface area contributed by atoms with Crippen molar-refractivity contribution >= 4 is 0 Å². The number of pyridine rings is 2. The van der Waals surface area contributed by atoms with E-state index in [9.17, 15) is 0 Å². The van der Waals surface area contributed by atoms with Crippen molar-refractivity contribution in [3.05, 3.63) is 108 Å². The van der Waals surface area contributed by atoms with Crippen LogP contribution in [0.1, 0.15) is 58.8 Å². The molecule has 0 radical (unpaired) electrons. The van der Waals surface area contributed by atoms with Crippen LogP contribution >= 0.6 is 0 Å². The molecule has 0 saturated heterocycles. The molecule has 0 atom stereocenters. The number of aromatic nitrogens is 2. The first kappa shape index (κ1) is 51.4. The largest absolute Gasteiger partial charge is 0.487 e. The van der Waals surface area contributed by atoms with Crippen molar-refractivity contribution in [2.75, 3.05) is 145 Å². The first-order valence-corrected chi connectivity index (χ1v) is 24.5. The second-order valence-electron chi connectivity index (χ2n) is 16.8. The quantitative estimate of drug-likeness (QED) is 0.218. The molecule has 1 saturated carbocycles. The number of benzene rings is 2. The Balaban J connectivity index is 1.25. The highest BCUT2D eigenvalue weighted by atomic mass is 16.6. The molecular weight excluding hydrogens is 873 g/mol. The van der Waals surface area contributed by atoms with E-state index >= 15 is 0 Å². The Hall–Kier alpha value is -4.46. The first-order valence-electron chi connectivity index (χ1n) is 24.5. The van der Waals surface area contributed by atoms with E-state index in [0.29, 0.717) is 168 Å². The summed E-state index contributed by atoms with van der Waals surface area (Å²) in [6.07, 6.45) is 10.5. The van der Waals surface area contributed by atoms with E-state index in [1.54, 1.807) is 0 Å². The fraction of sp³-hybridized carbons (Fsp3) is 0.577. The maximum Gasteiger partial charge on any atom is 0.169 e. The predicted octanol–water partition coefficient (Wildman–Crippen LogP) is 4.08. The standard InChI is InChI=1S/C52H74N4O12/c53-11-1-13-55-15-7-41(8-16-55)49-51(43-3-5-45-47(39-43)67-37-33-63-29-25-59-21-19-57-23-27-61-31-35-65-45)50(42-9-17-56(18-10-42)14-2-12-54)52(49)44-4-6-46-48(40-44)68-38-34-64-30-26-60-22-20-58-24-28-62-32-36-66-46/h3-10,15-18,39-40,49-52H,1-2,11-14,19-38,53-54H2/q+2. The van der Waals surface area contributed by atoms with E-state index in [1.165, 1.54) is 11.1 Å². The number of ether oxygens (including phenoxy) is 12. The van der Waals surface area contributed by atoms with Crippen LogP contribution in [0.2, 0.25) is 0 Å². The van der Waals surface area contributed by atoms with Gasteiger partial charge in [0.15, 0.2) is 47.8 Å². The molecule has 4 aromatic rings. The Bertz CT molecular complexity index is 1860. The van der Waals surface area contributed by atoms with Gasteiger partial charge in [-0.25, -0.2) is 9.13 Å². The number of hydrogen-bond acceptors (Lipinski definition) is 14. The van der Waals surface area contributed by atoms with E-state index < -0.39 is 0 Å². The summed E-state index contributed by atoms with van der Waals surface area (Å²) < 4.78 is 76.1. The van der Waals surface area contributed by atoms with Crippen LogP contribution in [0.25, 0.3) is 0 Å². The Morgan fingerprint density at radius 3 is 0.882 bits per heavy atom. The van der Waals surface area contributed by atoms with Crippen molar-refractivity contribution in [2.45, 2.75) is 49.6 Å². The van der Waals surface area contributed by atoms with Gasteiger partial charge in [0.2, 0.25) is 0 Å². The lowest BCUT2D eigenvalue weighted by Crippen LogP contribution is -2.42. The molecule has 2 aromatic heterocycles. The minimum absolute atomic E-state index is 0.0438. The molecule has 16 heteroatoms. The summed E-state index contributed by atoms with van der Waals surface area (Å²) in [5, 5.41) is 0. The number of rotatable bonds is 10. The number of aryl methyl sites for hydroxylation is 2. The van der Waals surface area contributed by atoms with Crippen LogP contribution in [0.3, 0.4) is 0 Å². The Morgan fingerprint density at radius 1 is 0.324 bits per heavy atom. The predicted molar refractivity (Wildman–Crippen MR) is 253 cm³/mol. The first-order chi connectivity index (χ1) is 33.7. The van der Waals surface area contributed by atoms with Crippen molar-refractivity contribution < 1.29 is 66.0 Å². The van der Waals surface area contributed by atoms with Crippen LogP contribution in [0.5, 0.6) is 23.0 Å². The zero-order valence-corrected chi connectivity index (χ0v) is 39.7. The van der Waals surface area contributed by atoms with Crippen molar-refractivity contribution in [2.24, 2.45) is 11.5 Å². The lowest BCUT2D eigenvalue weighted by atomic mass is 9.49. The van der Waals surface area contributed by atoms with Gasteiger partial charge in [0, 0.05) is 37.1 Å². The van der Waals surface area contributed by atoms with Gasteiger partial charge in [-0.1, -0.05) is 12.1 Å². The van der Waals surface area contributed by atoms with Crippen molar-refractivity contribution in [3.8, 4) is 23.0 Å². The lowest BCUT2D eigenvalue weighted by molar-refractivity contribution is -0.697. The number of fused-ring (bicyclic) bond motifs is 2. The smallest absolute Gasteiger partial charge is 0.169 e. The van der Waals surface area contributed by atoms with Gasteiger partial charge in [-0.15, -0.1) is 0 Å². The number of nitrogens with zero attached hydrogens (tertiary/aromatic N) is 2. The van der Waals surface area contributed by atoms with Gasteiger partial charge in [-0.3, -0.25) is 0 Å². The van der Waals surface area contributed by atoms with Crippen LogP contribution in [-0.4, -0.2) is 145 Å². The molecule has 1 aliphatic carbocycles. The molecule has 1 fully saturated rings. The average Bonchev–Trinajstić information content (AvgIpc) is 3.35. The van der Waals surface area contributed by atoms with E-state index in [1.807, 2.05) is 12.1 Å². The van der Waals surface area contributed by atoms with Crippen molar-refractivity contribution in [1.82, 2.24) is 0 Å². The van der Waals surface area contributed by atoms with Crippen LogP contribution in [0.4, 0.5) is 0 Å². The molecule has 0 bridgehead atoms. The molecule has 372 valence electrons. The third-order valence-corrected chi connectivity index (χ3v) is 12.3. The molecule has 68 heavy (non-hydrogen) atoms. The Labute approximate surface area is 401 Å². The van der Waals surface area contributed by atoms with E-state index in [-0.39, 0.29) is 23.7 Å². The minimum Gasteiger partial charge on any atom is -0.487 e. The molecule has 3 aliphatic rings. The van der Waals surface area contributed by atoms with Gasteiger partial charge >= 0.3 is 0 Å². The Kier molecular flexibility index (Phi) is 22.3. The molecule has 0 amide bonds. The normalized spacial score (nSPS) is 22.6. The Morgan fingerprint density at radius 2 is 0.588 bits per heavy atom. The van der Waals surface area contributed by atoms with Gasteiger partial charge < -0.3 is 68.3 Å². The van der Waals surface area contributed by atoms with Crippen LogP contribution in [0.15, 0.2) is 85.5 Å². The van der Waals surface area contributed by atoms with Crippen molar-refractivity contribution in [1.29, 1.82) is 0 Å². The third kappa shape index (κ3) is 15.8. The molecule has 2 aromatic carbocycles. The highest BCUT2D eigenvalue weighted by molar-refractivity contribution is 5.53. The average molecular weight is 947 g/mol. The molecule has 4 heterocycles. The molecular formula is C52H74N4O12+2. The van der Waals surface area contributed by atoms with Gasteiger partial charge in [0.05, 0.1) is 106 Å². The monoisotopic (exact) mass is 947 g/mol. The number of hydrogen-bond donors (Lipinski definition) is 2. The molecule has 0 spiro atoms. The topological polar surface area (TPSA) is 171 Å². The minimum atomic E-state index is 0.0438. The summed E-state index contributed by atoms with van der Waals surface area (Å²) in [4.78, 5) is 0. The fourth-order valence-corrected chi connectivity index (χ4v) is 8.93. The van der Waals surface area contributed by atoms with Gasteiger partial charge in [-0.05, 0) is 83.3 Å². The number of nitrogens with two attached hydrogens (primary N) is 2. The van der Waals surface area contributed by atoms with Gasteiger partial charge in [-0.2, -0.15) is 0 Å². The zero-order valence-electron chi connectivity index (χ0n) is 39.7. The second-order valence-corrected chi connectivity index (χ2v) is 16.8. The second kappa shape index (κ2) is 29.5. The molecule has 2 aliphatic heterocycles. The van der Waals surface area contributed by atoms with E-state index in [0.717, 1.165) is 37.1 Å². The molecule has 4 N–H and O–H groups in total. The maximum atomic E-state index is 6.51. The van der Waals surface area contributed by atoms with Crippen LogP contribution in [-0.2, 0) is 51.0 Å². The molecule has 7 rings (SSSR count). The highest BCUT2D eigenvalue weighted by Gasteiger charge is 2.53. The lowest BCUT2D eigenvalue weighted by Gasteiger charge is -2.53. The van der Waals surface area contributed by atoms with Crippen LogP contribution < -0.4 is 39.5 Å². The summed E-state index contributed by atoms with van der Waals surface area (Å²) in [6, 6.07) is 21.9. The summed E-state index contributed by atoms with van der Waals surface area (Å²) in [7, 11) is 0. The summed E-state index contributed by atoms with van der Waals surface area (Å²) in [6.45, 7) is 11.8. The SMILES string of the molecule is NCCC[n+]1ccc(C2C(c3ccc4c(c3)OCCOCCOCCOCCOCCO4)C(c3cc[n+](CCCN)cc3)C2c2ccc3c(c2)OCCOCCOCCOCCOCCO3)cc1. The summed E-state index contributed by atoms with van der Waals surface area (Å²) in [5.74, 6) is 2.83. The maximum absolute atomic E-state index is 6.51. The fourth-order valence-electron chi connectivity index (χ4n) is 8.93. The van der Waals surface area contributed by atoms with Crippen molar-refractivity contribution in [3.63, 3.8) is 0 Å². The molecule has 0 unspecified atom stereocenters. The summed E-state index contributed by atoms with van der Waals surface area (Å²) >= 11 is 0. The third-order valence-electron chi connectivity index (χ3n) is 12.3. The molecule has 16 nitrogen and oxygen atoms in total. The highest BCUT2D eigenvalue weighted by Crippen LogP contribution is 2.67. The van der Waals surface area contributed by atoms with E-state index in [4.69, 9.17) is 68.3 Å². The van der Waals surface area contributed by atoms with Crippen LogP contribution in [0, 0.1) is 0 Å². The van der Waals surface area contributed by atoms with E-state index in [2.05, 4.69) is 82.5 Å². The van der Waals surface area contributed by atoms with Gasteiger partial charge in [0.1, 0.15) is 39.5 Å². The summed E-state index contributed by atoms with van der Waals surface area (Å²) in [5.41, 5.74) is 16.6. The zero-order chi connectivity index (χ0) is 46.9.